The minimum atomic E-state index is -4.73. The van der Waals surface area contributed by atoms with E-state index in [0.717, 1.165) is 18.9 Å². The number of rotatable bonds is 3. The van der Waals surface area contributed by atoms with Gasteiger partial charge in [-0.05, 0) is 25.0 Å². The molecule has 0 saturated heterocycles. The van der Waals surface area contributed by atoms with Crippen LogP contribution in [0.1, 0.15) is 30.3 Å². The predicted octanol–water partition coefficient (Wildman–Crippen LogP) is 4.33. The van der Waals surface area contributed by atoms with Gasteiger partial charge in [0.05, 0.1) is 16.5 Å². The molecule has 112 valence electrons. The van der Waals surface area contributed by atoms with Gasteiger partial charge in [0.15, 0.2) is 5.82 Å². The first-order valence-corrected chi connectivity index (χ1v) is 7.41. The Labute approximate surface area is 126 Å². The Balaban J connectivity index is 2.16. The lowest BCUT2D eigenvalue weighted by molar-refractivity contribution is -0.139. The van der Waals surface area contributed by atoms with Crippen LogP contribution in [0.5, 0.6) is 0 Å². The van der Waals surface area contributed by atoms with Crippen molar-refractivity contribution in [2.24, 2.45) is 0 Å². The van der Waals surface area contributed by atoms with Crippen molar-refractivity contribution in [2.45, 2.75) is 30.4 Å². The van der Waals surface area contributed by atoms with Crippen LogP contribution >= 0.6 is 15.9 Å². The second-order valence-electron chi connectivity index (χ2n) is 4.84. The summed E-state index contributed by atoms with van der Waals surface area (Å²) in [6, 6.07) is 3.34. The monoisotopic (exact) mass is 363 g/mol. The molecule has 3 nitrogen and oxygen atoms in total. The van der Waals surface area contributed by atoms with E-state index in [4.69, 9.17) is 0 Å². The van der Waals surface area contributed by atoms with Crippen LogP contribution in [0.4, 0.5) is 17.6 Å². The SMILES string of the molecule is Fc1c(-c2nnc(CBr)n2C2CC2)cccc1C(F)(F)F. The smallest absolute Gasteiger partial charge is 0.307 e. The van der Waals surface area contributed by atoms with Crippen LogP contribution < -0.4 is 0 Å². The van der Waals surface area contributed by atoms with E-state index in [1.807, 2.05) is 0 Å². The maximum atomic E-state index is 14.2. The van der Waals surface area contributed by atoms with Crippen molar-refractivity contribution in [2.75, 3.05) is 0 Å². The van der Waals surface area contributed by atoms with Crippen LogP contribution in [-0.2, 0) is 11.5 Å². The molecule has 0 spiro atoms. The normalized spacial score (nSPS) is 15.5. The Hall–Kier alpha value is -1.44. The van der Waals surface area contributed by atoms with Crippen LogP contribution in [0.2, 0.25) is 0 Å². The summed E-state index contributed by atoms with van der Waals surface area (Å²) in [5.74, 6) is -0.569. The van der Waals surface area contributed by atoms with E-state index < -0.39 is 17.6 Å². The topological polar surface area (TPSA) is 30.7 Å². The van der Waals surface area contributed by atoms with Crippen molar-refractivity contribution in [3.05, 3.63) is 35.4 Å². The van der Waals surface area contributed by atoms with Crippen LogP contribution in [0, 0.1) is 5.82 Å². The third-order valence-corrected chi connectivity index (χ3v) is 3.84. The number of aromatic nitrogens is 3. The van der Waals surface area contributed by atoms with Crippen LogP contribution in [0.15, 0.2) is 18.2 Å². The number of hydrogen-bond donors (Lipinski definition) is 0. The zero-order chi connectivity index (χ0) is 15.2. The van der Waals surface area contributed by atoms with Gasteiger partial charge in [-0.25, -0.2) is 4.39 Å². The lowest BCUT2D eigenvalue weighted by Crippen LogP contribution is -2.10. The molecule has 1 aromatic carbocycles. The second-order valence-corrected chi connectivity index (χ2v) is 5.40. The molecule has 0 atom stereocenters. The molecular formula is C13H10BrF4N3. The molecule has 1 aliphatic carbocycles. The van der Waals surface area contributed by atoms with Crippen molar-refractivity contribution in [3.63, 3.8) is 0 Å². The van der Waals surface area contributed by atoms with E-state index in [1.165, 1.54) is 12.1 Å². The molecule has 2 aromatic rings. The Bertz CT molecular complexity index is 677. The lowest BCUT2D eigenvalue weighted by atomic mass is 10.1. The molecule has 21 heavy (non-hydrogen) atoms. The van der Waals surface area contributed by atoms with E-state index in [1.54, 1.807) is 4.57 Å². The van der Waals surface area contributed by atoms with Crippen molar-refractivity contribution in [3.8, 4) is 11.4 Å². The zero-order valence-electron chi connectivity index (χ0n) is 10.7. The Morgan fingerprint density at radius 2 is 1.95 bits per heavy atom. The summed E-state index contributed by atoms with van der Waals surface area (Å²) in [6.45, 7) is 0. The molecule has 1 heterocycles. The fourth-order valence-corrected chi connectivity index (χ4v) is 2.62. The first kappa shape index (κ1) is 14.5. The van der Waals surface area contributed by atoms with Gasteiger partial charge >= 0.3 is 6.18 Å². The summed E-state index contributed by atoms with van der Waals surface area (Å²) in [5, 5.41) is 8.22. The molecule has 0 bridgehead atoms. The van der Waals surface area contributed by atoms with Gasteiger partial charge in [0.2, 0.25) is 0 Å². The van der Waals surface area contributed by atoms with E-state index >= 15 is 0 Å². The van der Waals surface area contributed by atoms with Gasteiger partial charge in [0, 0.05) is 6.04 Å². The van der Waals surface area contributed by atoms with Crippen molar-refractivity contribution in [1.29, 1.82) is 0 Å². The lowest BCUT2D eigenvalue weighted by Gasteiger charge is -2.12. The maximum Gasteiger partial charge on any atom is 0.419 e. The Morgan fingerprint density at radius 3 is 2.52 bits per heavy atom. The van der Waals surface area contributed by atoms with Crippen molar-refractivity contribution < 1.29 is 17.6 Å². The maximum absolute atomic E-state index is 14.2. The molecule has 1 aromatic heterocycles. The van der Waals surface area contributed by atoms with E-state index in [0.29, 0.717) is 11.2 Å². The van der Waals surface area contributed by atoms with Gasteiger partial charge in [0.25, 0.3) is 0 Å². The summed E-state index contributed by atoms with van der Waals surface area (Å²) in [4.78, 5) is 0. The zero-order valence-corrected chi connectivity index (χ0v) is 12.2. The van der Waals surface area contributed by atoms with Crippen LogP contribution in [0.3, 0.4) is 0 Å². The minimum Gasteiger partial charge on any atom is -0.307 e. The van der Waals surface area contributed by atoms with Crippen molar-refractivity contribution in [1.82, 2.24) is 14.8 Å². The summed E-state index contributed by atoms with van der Waals surface area (Å²) in [7, 11) is 0. The molecule has 8 heteroatoms. The molecule has 3 rings (SSSR count). The van der Waals surface area contributed by atoms with E-state index in [2.05, 4.69) is 26.1 Å². The van der Waals surface area contributed by atoms with Crippen molar-refractivity contribution >= 4 is 15.9 Å². The highest BCUT2D eigenvalue weighted by atomic mass is 79.9. The average molecular weight is 364 g/mol. The highest BCUT2D eigenvalue weighted by Gasteiger charge is 2.36. The van der Waals surface area contributed by atoms with Gasteiger partial charge in [-0.1, -0.05) is 22.0 Å². The first-order valence-electron chi connectivity index (χ1n) is 6.29. The first-order chi connectivity index (χ1) is 9.93. The molecule has 0 amide bonds. The number of halogens is 5. The molecule has 0 N–H and O–H groups in total. The quantitative estimate of drug-likeness (QED) is 0.600. The largest absolute Gasteiger partial charge is 0.419 e. The molecule has 0 unspecified atom stereocenters. The number of alkyl halides is 4. The molecular weight excluding hydrogens is 354 g/mol. The third kappa shape index (κ3) is 2.56. The summed E-state index contributed by atoms with van der Waals surface area (Å²) < 4.78 is 54.3. The van der Waals surface area contributed by atoms with Gasteiger partial charge in [0.1, 0.15) is 11.6 Å². The van der Waals surface area contributed by atoms with Crippen LogP contribution in [-0.4, -0.2) is 14.8 Å². The fourth-order valence-electron chi connectivity index (χ4n) is 2.24. The highest BCUT2D eigenvalue weighted by molar-refractivity contribution is 9.08. The number of nitrogens with zero attached hydrogens (tertiary/aromatic N) is 3. The fraction of sp³-hybridized carbons (Fsp3) is 0.385. The second kappa shape index (κ2) is 5.08. The molecule has 0 radical (unpaired) electrons. The standard InChI is InChI=1S/C13H10BrF4N3/c14-6-10-19-20-12(21(10)7-4-5-7)8-2-1-3-9(11(8)15)13(16,17)18/h1-3,7H,4-6H2. The third-order valence-electron chi connectivity index (χ3n) is 3.34. The highest BCUT2D eigenvalue weighted by Crippen LogP contribution is 2.41. The van der Waals surface area contributed by atoms with Gasteiger partial charge < -0.3 is 4.57 Å². The Morgan fingerprint density at radius 1 is 1.24 bits per heavy atom. The molecule has 1 fully saturated rings. The molecule has 1 saturated carbocycles. The number of benzene rings is 1. The van der Waals surface area contributed by atoms with Crippen LogP contribution in [0.25, 0.3) is 11.4 Å². The Kier molecular flexibility index (Phi) is 3.51. The van der Waals surface area contributed by atoms with Gasteiger partial charge in [-0.2, -0.15) is 13.2 Å². The predicted molar refractivity (Wildman–Crippen MR) is 71.3 cm³/mol. The van der Waals surface area contributed by atoms with E-state index in [-0.39, 0.29) is 17.4 Å². The summed E-state index contributed by atoms with van der Waals surface area (Å²) in [5.41, 5.74) is -1.46. The minimum absolute atomic E-state index is 0.136. The molecule has 1 aliphatic rings. The van der Waals surface area contributed by atoms with Gasteiger partial charge in [-0.15, -0.1) is 10.2 Å². The summed E-state index contributed by atoms with van der Waals surface area (Å²) in [6.07, 6.45) is -2.94. The average Bonchev–Trinajstić information content (AvgIpc) is 3.17. The molecule has 0 aliphatic heterocycles. The van der Waals surface area contributed by atoms with E-state index in [9.17, 15) is 17.6 Å². The number of hydrogen-bond acceptors (Lipinski definition) is 2. The summed E-state index contributed by atoms with van der Waals surface area (Å²) >= 11 is 3.26. The van der Waals surface area contributed by atoms with Gasteiger partial charge in [-0.3, -0.25) is 0 Å².